The van der Waals surface area contributed by atoms with Crippen molar-refractivity contribution in [2.75, 3.05) is 7.11 Å². The summed E-state index contributed by atoms with van der Waals surface area (Å²) >= 11 is 0. The summed E-state index contributed by atoms with van der Waals surface area (Å²) in [4.78, 5) is 23.5. The van der Waals surface area contributed by atoms with Crippen molar-refractivity contribution in [1.82, 2.24) is 0 Å². The number of hydrogen-bond acceptors (Lipinski definition) is 3. The van der Waals surface area contributed by atoms with Crippen molar-refractivity contribution in [2.45, 2.75) is 19.3 Å². The second-order valence-corrected chi connectivity index (χ2v) is 4.31. The van der Waals surface area contributed by atoms with Crippen LogP contribution in [0, 0.1) is 11.7 Å². The normalized spacial score (nSPS) is 23.1. The first kappa shape index (κ1) is 11.8. The Kier molecular flexibility index (Phi) is 2.96. The Labute approximate surface area is 98.6 Å². The number of halogens is 1. The van der Waals surface area contributed by atoms with E-state index in [0.717, 1.165) is 0 Å². The first-order chi connectivity index (χ1) is 8.04. The molecule has 17 heavy (non-hydrogen) atoms. The molecule has 0 radical (unpaired) electrons. The fraction of sp³-hybridized carbons (Fsp3) is 0.385. The van der Waals surface area contributed by atoms with Gasteiger partial charge in [0.25, 0.3) is 0 Å². The van der Waals surface area contributed by atoms with Crippen LogP contribution in [0.25, 0.3) is 0 Å². The molecule has 0 unspecified atom stereocenters. The molecule has 0 N–H and O–H groups in total. The van der Waals surface area contributed by atoms with E-state index in [-0.39, 0.29) is 11.7 Å². The minimum atomic E-state index is -0.543. The Morgan fingerprint density at radius 2 is 2.18 bits per heavy atom. The van der Waals surface area contributed by atoms with Crippen molar-refractivity contribution in [1.29, 1.82) is 0 Å². The van der Waals surface area contributed by atoms with Gasteiger partial charge < -0.3 is 4.74 Å². The fourth-order valence-electron chi connectivity index (χ4n) is 2.26. The second-order valence-electron chi connectivity index (χ2n) is 4.31. The highest BCUT2D eigenvalue weighted by Crippen LogP contribution is 2.35. The molecule has 90 valence electrons. The third-order valence-corrected chi connectivity index (χ3v) is 3.18. The molecular formula is C13H13FO3. The molecule has 0 bridgehead atoms. The van der Waals surface area contributed by atoms with Crippen molar-refractivity contribution in [3.63, 3.8) is 0 Å². The number of fused-ring (bicyclic) bond motifs is 1. The van der Waals surface area contributed by atoms with E-state index < -0.39 is 17.7 Å². The molecule has 0 aliphatic heterocycles. The monoisotopic (exact) mass is 236 g/mol. The topological polar surface area (TPSA) is 43.4 Å². The van der Waals surface area contributed by atoms with E-state index in [0.29, 0.717) is 17.5 Å². The highest BCUT2D eigenvalue weighted by molar-refractivity contribution is 6.02. The minimum Gasteiger partial charge on any atom is -0.469 e. The van der Waals surface area contributed by atoms with Gasteiger partial charge in [0.1, 0.15) is 5.82 Å². The first-order valence-electron chi connectivity index (χ1n) is 5.46. The van der Waals surface area contributed by atoms with Crippen LogP contribution in [0.1, 0.15) is 35.2 Å². The van der Waals surface area contributed by atoms with Crippen LogP contribution in [0.2, 0.25) is 0 Å². The van der Waals surface area contributed by atoms with Gasteiger partial charge in [-0.2, -0.15) is 0 Å². The minimum absolute atomic E-state index is 0.0415. The molecule has 0 amide bonds. The Morgan fingerprint density at radius 3 is 2.82 bits per heavy atom. The zero-order valence-corrected chi connectivity index (χ0v) is 9.70. The number of rotatable bonds is 1. The van der Waals surface area contributed by atoms with E-state index in [1.165, 1.54) is 25.3 Å². The molecule has 0 heterocycles. The van der Waals surface area contributed by atoms with Crippen molar-refractivity contribution < 1.29 is 18.7 Å². The molecular weight excluding hydrogens is 223 g/mol. The van der Waals surface area contributed by atoms with Crippen molar-refractivity contribution in [2.24, 2.45) is 5.92 Å². The quantitative estimate of drug-likeness (QED) is 0.703. The number of carbonyl (C=O) groups excluding carboxylic acids is 2. The standard InChI is InChI=1S/C13H13FO3/c1-7-5-11(13(16)17-2)10-6-8(14)3-4-9(10)12(7)15/h3-4,6-7,11H,5H2,1-2H3/t7-,11-/m0/s1. The van der Waals surface area contributed by atoms with Crippen LogP contribution >= 0.6 is 0 Å². The number of benzene rings is 1. The van der Waals surface area contributed by atoms with Crippen LogP contribution in [-0.4, -0.2) is 18.9 Å². The summed E-state index contributed by atoms with van der Waals surface area (Å²) < 4.78 is 17.9. The van der Waals surface area contributed by atoms with Crippen LogP contribution in [0.4, 0.5) is 4.39 Å². The van der Waals surface area contributed by atoms with Gasteiger partial charge in [-0.05, 0) is 30.2 Å². The van der Waals surface area contributed by atoms with Crippen molar-refractivity contribution >= 4 is 11.8 Å². The molecule has 2 rings (SSSR count). The Bertz CT molecular complexity index is 482. The van der Waals surface area contributed by atoms with Crippen LogP contribution in [-0.2, 0) is 9.53 Å². The maximum absolute atomic E-state index is 13.2. The SMILES string of the molecule is COC(=O)[C@H]1C[C@H](C)C(=O)c2ccc(F)cc21. The largest absolute Gasteiger partial charge is 0.469 e. The smallest absolute Gasteiger partial charge is 0.313 e. The Hall–Kier alpha value is -1.71. The van der Waals surface area contributed by atoms with Gasteiger partial charge in [-0.15, -0.1) is 0 Å². The average Bonchev–Trinajstić information content (AvgIpc) is 2.32. The fourth-order valence-corrected chi connectivity index (χ4v) is 2.26. The van der Waals surface area contributed by atoms with Gasteiger partial charge in [0.05, 0.1) is 13.0 Å². The van der Waals surface area contributed by atoms with Gasteiger partial charge in [-0.3, -0.25) is 9.59 Å². The summed E-state index contributed by atoms with van der Waals surface area (Å²) in [6, 6.07) is 3.93. The van der Waals surface area contributed by atoms with E-state index in [1.807, 2.05) is 0 Å². The lowest BCUT2D eigenvalue weighted by Gasteiger charge is -2.26. The Balaban J connectivity index is 2.53. The van der Waals surface area contributed by atoms with Crippen LogP contribution < -0.4 is 0 Å². The number of Topliss-reactive ketones (excluding diaryl/α,β-unsaturated/α-hetero) is 1. The maximum Gasteiger partial charge on any atom is 0.313 e. The summed E-state index contributed by atoms with van der Waals surface area (Å²) in [5, 5.41) is 0. The molecule has 0 saturated heterocycles. The van der Waals surface area contributed by atoms with Gasteiger partial charge in [0, 0.05) is 11.5 Å². The zero-order valence-electron chi connectivity index (χ0n) is 9.70. The van der Waals surface area contributed by atoms with Crippen LogP contribution in [0.3, 0.4) is 0 Å². The molecule has 4 heteroatoms. The van der Waals surface area contributed by atoms with E-state index >= 15 is 0 Å². The predicted molar refractivity (Wildman–Crippen MR) is 59.3 cm³/mol. The second kappa shape index (κ2) is 4.28. The molecule has 0 saturated carbocycles. The van der Waals surface area contributed by atoms with E-state index in [2.05, 4.69) is 0 Å². The molecule has 1 aromatic carbocycles. The number of hydrogen-bond donors (Lipinski definition) is 0. The summed E-state index contributed by atoms with van der Waals surface area (Å²) in [6.07, 6.45) is 0.377. The number of methoxy groups -OCH3 is 1. The summed E-state index contributed by atoms with van der Waals surface area (Å²) in [5.74, 6) is -1.69. The molecule has 3 nitrogen and oxygen atoms in total. The number of carbonyl (C=O) groups is 2. The molecule has 1 aromatic rings. The van der Waals surface area contributed by atoms with E-state index in [4.69, 9.17) is 4.74 Å². The third kappa shape index (κ3) is 1.95. The zero-order chi connectivity index (χ0) is 12.6. The predicted octanol–water partition coefficient (Wildman–Crippen LogP) is 2.30. The molecule has 0 aromatic heterocycles. The van der Waals surface area contributed by atoms with Crippen molar-refractivity contribution in [3.05, 3.63) is 35.1 Å². The molecule has 0 spiro atoms. The van der Waals surface area contributed by atoms with Crippen LogP contribution in [0.15, 0.2) is 18.2 Å². The summed E-state index contributed by atoms with van der Waals surface area (Å²) in [6.45, 7) is 1.77. The molecule has 0 fully saturated rings. The third-order valence-electron chi connectivity index (χ3n) is 3.18. The van der Waals surface area contributed by atoms with Gasteiger partial charge in [-0.25, -0.2) is 4.39 Å². The molecule has 1 aliphatic carbocycles. The number of ether oxygens (including phenoxy) is 1. The lowest BCUT2D eigenvalue weighted by atomic mass is 9.77. The van der Waals surface area contributed by atoms with Crippen LogP contribution in [0.5, 0.6) is 0 Å². The maximum atomic E-state index is 13.2. The van der Waals surface area contributed by atoms with Gasteiger partial charge in [-0.1, -0.05) is 6.92 Å². The lowest BCUT2D eigenvalue weighted by molar-refractivity contribution is -0.142. The van der Waals surface area contributed by atoms with Crippen molar-refractivity contribution in [3.8, 4) is 0 Å². The van der Waals surface area contributed by atoms with Gasteiger partial charge >= 0.3 is 5.97 Å². The number of esters is 1. The highest BCUT2D eigenvalue weighted by atomic mass is 19.1. The van der Waals surface area contributed by atoms with Gasteiger partial charge in [0.2, 0.25) is 0 Å². The molecule has 2 atom stereocenters. The van der Waals surface area contributed by atoms with E-state index in [9.17, 15) is 14.0 Å². The number of ketones is 1. The average molecular weight is 236 g/mol. The Morgan fingerprint density at radius 1 is 1.47 bits per heavy atom. The highest BCUT2D eigenvalue weighted by Gasteiger charge is 2.35. The molecule has 1 aliphatic rings. The van der Waals surface area contributed by atoms with Gasteiger partial charge in [0.15, 0.2) is 5.78 Å². The van der Waals surface area contributed by atoms with E-state index in [1.54, 1.807) is 6.92 Å². The lowest BCUT2D eigenvalue weighted by Crippen LogP contribution is -2.28. The summed E-state index contributed by atoms with van der Waals surface area (Å²) in [5.41, 5.74) is 0.875. The summed E-state index contributed by atoms with van der Waals surface area (Å²) in [7, 11) is 1.29. The first-order valence-corrected chi connectivity index (χ1v) is 5.46.